The van der Waals surface area contributed by atoms with Gasteiger partial charge in [-0.15, -0.1) is 0 Å². The Hall–Kier alpha value is -0.140. The molecule has 1 N–H and O–H groups in total. The third-order valence-electron chi connectivity index (χ3n) is 1.60. The average molecular weight is 250 g/mol. The van der Waals surface area contributed by atoms with Gasteiger partial charge < -0.3 is 26.7 Å². The summed E-state index contributed by atoms with van der Waals surface area (Å²) in [4.78, 5) is 6.64. The van der Waals surface area contributed by atoms with Gasteiger partial charge in [0.15, 0.2) is 4.77 Å². The fourth-order valence-corrected chi connectivity index (χ4v) is 0.992. The minimum atomic E-state index is 0. The number of nitrogens with one attached hydrogen (secondary N) is 1. The van der Waals surface area contributed by atoms with Crippen LogP contribution in [0.25, 0.3) is 0 Å². The third kappa shape index (κ3) is 4.94. The summed E-state index contributed by atoms with van der Waals surface area (Å²) in [5.41, 5.74) is 0. The molecule has 2 aromatic heterocycles. The van der Waals surface area contributed by atoms with Crippen molar-refractivity contribution in [1.29, 1.82) is 0 Å². The van der Waals surface area contributed by atoms with Crippen LogP contribution >= 0.6 is 12.2 Å². The molecule has 2 aromatic rings. The first-order valence-electron chi connectivity index (χ1n) is 3.95. The van der Waals surface area contributed by atoms with Crippen LogP contribution in [0, 0.1) is 4.77 Å². The Balaban J connectivity index is 0.000000245. The molecule has 0 aromatic carbocycles. The van der Waals surface area contributed by atoms with Crippen LogP contribution < -0.4 is 29.6 Å². The van der Waals surface area contributed by atoms with Crippen LogP contribution in [0.1, 0.15) is 0 Å². The Labute approximate surface area is 121 Å². The van der Waals surface area contributed by atoms with Crippen LogP contribution in [0.2, 0.25) is 0 Å². The van der Waals surface area contributed by atoms with E-state index in [2.05, 4.69) is 9.97 Å². The van der Waals surface area contributed by atoms with Gasteiger partial charge in [0.25, 0.3) is 0 Å². The van der Waals surface area contributed by atoms with Crippen LogP contribution in [-0.2, 0) is 26.7 Å². The molecular formula is C8H11N4NaS2. The second-order valence-electron chi connectivity index (χ2n) is 2.70. The third-order valence-corrected chi connectivity index (χ3v) is 2.40. The largest absolute Gasteiger partial charge is 1.00 e. The number of hydrogen-bond acceptors (Lipinski definition) is 3. The number of rotatable bonds is 0. The van der Waals surface area contributed by atoms with E-state index >= 15 is 0 Å². The zero-order valence-electron chi connectivity index (χ0n) is 8.97. The number of aromatic amines is 1. The van der Waals surface area contributed by atoms with Gasteiger partial charge in [0.1, 0.15) is 0 Å². The topological polar surface area (TPSA) is 38.5 Å². The minimum absolute atomic E-state index is 0. The SMILES string of the molecule is Cn1cc[nH]c1=S.Cn1ccnc1[S-].[Na+]. The molecule has 76 valence electrons. The van der Waals surface area contributed by atoms with Gasteiger partial charge in [-0.25, -0.2) is 0 Å². The summed E-state index contributed by atoms with van der Waals surface area (Å²) in [7, 11) is 3.77. The number of H-pyrrole nitrogens is 1. The number of aromatic nitrogens is 4. The fraction of sp³-hybridized carbons (Fsp3) is 0.250. The van der Waals surface area contributed by atoms with Crippen LogP contribution in [0.5, 0.6) is 0 Å². The van der Waals surface area contributed by atoms with E-state index in [0.717, 1.165) is 4.77 Å². The molecule has 4 nitrogen and oxygen atoms in total. The van der Waals surface area contributed by atoms with Crippen LogP contribution in [0.15, 0.2) is 29.9 Å². The molecule has 2 heterocycles. The van der Waals surface area contributed by atoms with Gasteiger partial charge in [-0.3, -0.25) is 4.98 Å². The average Bonchev–Trinajstić information content (AvgIpc) is 2.67. The smallest absolute Gasteiger partial charge is 0.742 e. The van der Waals surface area contributed by atoms with E-state index in [1.54, 1.807) is 10.8 Å². The van der Waals surface area contributed by atoms with Gasteiger partial charge in [-0.1, -0.05) is 0 Å². The zero-order valence-corrected chi connectivity index (χ0v) is 12.6. The van der Waals surface area contributed by atoms with Crippen molar-refractivity contribution in [3.8, 4) is 0 Å². The maximum atomic E-state index is 4.79. The van der Waals surface area contributed by atoms with E-state index in [1.165, 1.54) is 0 Å². The molecule has 0 radical (unpaired) electrons. The molecule has 0 aliphatic carbocycles. The van der Waals surface area contributed by atoms with Crippen molar-refractivity contribution in [2.24, 2.45) is 14.1 Å². The molecule has 0 aliphatic heterocycles. The van der Waals surface area contributed by atoms with E-state index in [9.17, 15) is 0 Å². The first-order valence-corrected chi connectivity index (χ1v) is 4.77. The molecule has 0 saturated carbocycles. The van der Waals surface area contributed by atoms with Crippen molar-refractivity contribution in [2.45, 2.75) is 5.16 Å². The molecule has 0 spiro atoms. The first-order chi connectivity index (χ1) is 6.61. The second-order valence-corrected chi connectivity index (χ2v) is 3.45. The normalized spacial score (nSPS) is 8.67. The monoisotopic (exact) mass is 250 g/mol. The van der Waals surface area contributed by atoms with Gasteiger partial charge in [-0.2, -0.15) is 0 Å². The van der Waals surface area contributed by atoms with Crippen molar-refractivity contribution in [2.75, 3.05) is 0 Å². The number of nitrogens with zero attached hydrogens (tertiary/aromatic N) is 3. The maximum Gasteiger partial charge on any atom is 1.00 e. The van der Waals surface area contributed by atoms with Crippen LogP contribution in [-0.4, -0.2) is 19.1 Å². The first kappa shape index (κ1) is 14.9. The van der Waals surface area contributed by atoms with E-state index in [-0.39, 0.29) is 29.6 Å². The molecule has 0 saturated heterocycles. The molecule has 0 fully saturated rings. The molecule has 15 heavy (non-hydrogen) atoms. The Morgan fingerprint density at radius 3 is 2.13 bits per heavy atom. The molecule has 0 aliphatic rings. The number of hydrogen-bond donors (Lipinski definition) is 1. The maximum absolute atomic E-state index is 4.79. The molecular weight excluding hydrogens is 239 g/mol. The summed E-state index contributed by atoms with van der Waals surface area (Å²) in [6.45, 7) is 0. The predicted molar refractivity (Wildman–Crippen MR) is 59.4 cm³/mol. The number of imidazole rings is 2. The van der Waals surface area contributed by atoms with Gasteiger partial charge in [0, 0.05) is 38.9 Å². The Kier molecular flexibility index (Phi) is 7.12. The Morgan fingerprint density at radius 1 is 1.33 bits per heavy atom. The summed E-state index contributed by atoms with van der Waals surface area (Å²) in [5, 5.41) is 0.639. The zero-order chi connectivity index (χ0) is 10.6. The molecule has 0 bridgehead atoms. The Morgan fingerprint density at radius 2 is 2.00 bits per heavy atom. The van der Waals surface area contributed by atoms with E-state index in [4.69, 9.17) is 24.8 Å². The van der Waals surface area contributed by atoms with Gasteiger partial charge in [0.05, 0.1) is 0 Å². The summed E-state index contributed by atoms with van der Waals surface area (Å²) in [5.74, 6) is 0. The van der Waals surface area contributed by atoms with E-state index in [1.807, 2.05) is 37.3 Å². The van der Waals surface area contributed by atoms with Crippen molar-refractivity contribution in [3.63, 3.8) is 0 Å². The second kappa shape index (κ2) is 7.19. The van der Waals surface area contributed by atoms with Crippen molar-refractivity contribution in [1.82, 2.24) is 19.1 Å². The van der Waals surface area contributed by atoms with Gasteiger partial charge in [0.2, 0.25) is 0 Å². The predicted octanol–water partition coefficient (Wildman–Crippen LogP) is -1.59. The fourth-order valence-electron chi connectivity index (χ4n) is 0.742. The number of aryl methyl sites for hydroxylation is 2. The molecule has 0 unspecified atom stereocenters. The quantitative estimate of drug-likeness (QED) is 0.348. The van der Waals surface area contributed by atoms with Gasteiger partial charge >= 0.3 is 29.6 Å². The standard InChI is InChI=1S/2C4H6N2S.Na/c2*1-6-3-2-5-4(6)7;/h2*2-3H,1H3,(H,5,7);/q;;+1/p-1. The Bertz CT molecular complexity index is 429. The van der Waals surface area contributed by atoms with Crippen LogP contribution in [0.3, 0.4) is 0 Å². The van der Waals surface area contributed by atoms with E-state index in [0.29, 0.717) is 5.16 Å². The van der Waals surface area contributed by atoms with Crippen molar-refractivity contribution in [3.05, 3.63) is 29.6 Å². The molecule has 0 atom stereocenters. The van der Waals surface area contributed by atoms with Crippen molar-refractivity contribution < 1.29 is 29.6 Å². The van der Waals surface area contributed by atoms with Crippen LogP contribution in [0.4, 0.5) is 0 Å². The summed E-state index contributed by atoms with van der Waals surface area (Å²) < 4.78 is 4.39. The van der Waals surface area contributed by atoms with E-state index < -0.39 is 0 Å². The van der Waals surface area contributed by atoms with Crippen molar-refractivity contribution >= 4 is 24.8 Å². The molecule has 0 amide bonds. The summed E-state index contributed by atoms with van der Waals surface area (Å²) >= 11 is 9.53. The molecule has 2 rings (SSSR count). The minimum Gasteiger partial charge on any atom is -0.742 e. The summed E-state index contributed by atoms with van der Waals surface area (Å²) in [6, 6.07) is 0. The summed E-state index contributed by atoms with van der Waals surface area (Å²) in [6.07, 6.45) is 7.19. The molecule has 7 heteroatoms. The van der Waals surface area contributed by atoms with Gasteiger partial charge in [-0.05, 0) is 17.4 Å².